The van der Waals surface area contributed by atoms with E-state index in [2.05, 4.69) is 20.2 Å². The molecule has 3 rings (SSSR count). The Balaban J connectivity index is 1.64. The lowest BCUT2D eigenvalue weighted by Gasteiger charge is -2.43. The van der Waals surface area contributed by atoms with Crippen LogP contribution in [0.3, 0.4) is 0 Å². The van der Waals surface area contributed by atoms with Crippen molar-refractivity contribution in [1.82, 2.24) is 24.9 Å². The summed E-state index contributed by atoms with van der Waals surface area (Å²) in [6, 6.07) is 2.05. The fourth-order valence-electron chi connectivity index (χ4n) is 3.42. The molecule has 1 N–H and O–H groups in total. The fraction of sp³-hybridized carbons (Fsp3) is 0.750. The quantitative estimate of drug-likeness (QED) is 0.765. The number of hydrogen-bond donors (Lipinski definition) is 1. The minimum atomic E-state index is -0.377. The molecule has 2 aliphatic rings. The Bertz CT molecular complexity index is 564. The molecular formula is C16H27N5O3. The highest BCUT2D eigenvalue weighted by atomic mass is 16.5. The molecule has 0 unspecified atom stereocenters. The lowest BCUT2D eigenvalue weighted by molar-refractivity contribution is -0.144. The zero-order valence-electron chi connectivity index (χ0n) is 14.5. The maximum Gasteiger partial charge on any atom is 0.233 e. The zero-order chi connectivity index (χ0) is 17.0. The Hall–Kier alpha value is -1.48. The van der Waals surface area contributed by atoms with Gasteiger partial charge in [0.15, 0.2) is 0 Å². The Morgan fingerprint density at radius 3 is 2.88 bits per heavy atom. The minimum absolute atomic E-state index is 0.0215. The van der Waals surface area contributed by atoms with E-state index in [0.29, 0.717) is 32.9 Å². The number of carbonyl (C=O) groups is 1. The van der Waals surface area contributed by atoms with E-state index < -0.39 is 0 Å². The van der Waals surface area contributed by atoms with Gasteiger partial charge in [-0.25, -0.2) is 0 Å². The van der Waals surface area contributed by atoms with E-state index in [-0.39, 0.29) is 11.5 Å². The fourth-order valence-corrected chi connectivity index (χ4v) is 3.42. The molecular weight excluding hydrogens is 310 g/mol. The lowest BCUT2D eigenvalue weighted by Crippen LogP contribution is -2.59. The number of nitrogens with zero attached hydrogens (tertiary/aromatic N) is 4. The van der Waals surface area contributed by atoms with E-state index in [0.717, 1.165) is 31.9 Å². The number of morpholine rings is 1. The van der Waals surface area contributed by atoms with Crippen molar-refractivity contribution in [2.24, 2.45) is 7.05 Å². The van der Waals surface area contributed by atoms with Crippen LogP contribution in [0, 0.1) is 0 Å². The molecule has 2 saturated heterocycles. The van der Waals surface area contributed by atoms with Crippen molar-refractivity contribution in [2.75, 3.05) is 59.6 Å². The van der Waals surface area contributed by atoms with Crippen molar-refractivity contribution >= 4 is 5.91 Å². The summed E-state index contributed by atoms with van der Waals surface area (Å²) in [4.78, 5) is 16.2. The van der Waals surface area contributed by atoms with Crippen LogP contribution in [0.25, 0.3) is 0 Å². The molecule has 1 spiro atoms. The number of rotatable bonds is 4. The van der Waals surface area contributed by atoms with Gasteiger partial charge in [0.2, 0.25) is 5.91 Å². The first kappa shape index (κ1) is 17.3. The van der Waals surface area contributed by atoms with Crippen LogP contribution in [-0.4, -0.2) is 90.7 Å². The number of amides is 1. The summed E-state index contributed by atoms with van der Waals surface area (Å²) in [5.41, 5.74) is 0.684. The summed E-state index contributed by atoms with van der Waals surface area (Å²) in [6.45, 7) is 6.18. The second kappa shape index (κ2) is 7.60. The molecule has 0 saturated carbocycles. The largest absolute Gasteiger partial charge is 0.377 e. The molecule has 3 heterocycles. The number of likely N-dealkylation sites (N-methyl/N-ethyl adjacent to an activating group) is 1. The van der Waals surface area contributed by atoms with Gasteiger partial charge in [0.05, 0.1) is 32.1 Å². The first-order chi connectivity index (χ1) is 11.6. The average molecular weight is 337 g/mol. The topological polar surface area (TPSA) is 71.9 Å². The molecule has 8 nitrogen and oxygen atoms in total. The van der Waals surface area contributed by atoms with Gasteiger partial charge in [-0.1, -0.05) is 0 Å². The first-order valence-corrected chi connectivity index (χ1v) is 8.44. The smallest absolute Gasteiger partial charge is 0.233 e. The highest BCUT2D eigenvalue weighted by Crippen LogP contribution is 2.23. The molecule has 0 aromatic carbocycles. The van der Waals surface area contributed by atoms with Crippen molar-refractivity contribution in [1.29, 1.82) is 0 Å². The van der Waals surface area contributed by atoms with Crippen LogP contribution < -0.4 is 5.32 Å². The number of nitrogens with one attached hydrogen (secondary N) is 1. The molecule has 24 heavy (non-hydrogen) atoms. The number of carbonyl (C=O) groups excluding carboxylic acids is 1. The summed E-state index contributed by atoms with van der Waals surface area (Å²) in [5.74, 6) is 0.0215. The summed E-state index contributed by atoms with van der Waals surface area (Å²) in [6.07, 6.45) is 1.96. The average Bonchev–Trinajstić information content (AvgIpc) is 2.86. The predicted octanol–water partition coefficient (Wildman–Crippen LogP) is -0.931. The van der Waals surface area contributed by atoms with Crippen molar-refractivity contribution in [3.63, 3.8) is 0 Å². The molecule has 1 amide bonds. The van der Waals surface area contributed by atoms with Crippen LogP contribution in [-0.2, 0) is 27.9 Å². The van der Waals surface area contributed by atoms with E-state index in [4.69, 9.17) is 9.47 Å². The zero-order valence-corrected chi connectivity index (χ0v) is 14.5. The standard InChI is InChI=1S/C16H27N5O3/c1-17-15(22)10-21-5-7-23-13-16(12-21)11-20(6-8-24-16)9-14-3-4-19(2)18-14/h3-4H,5-13H2,1-2H3,(H,17,22)/t16-/m1/s1. The van der Waals surface area contributed by atoms with Crippen LogP contribution in [0.1, 0.15) is 5.69 Å². The van der Waals surface area contributed by atoms with Gasteiger partial charge in [0, 0.05) is 53.0 Å². The maximum atomic E-state index is 11.7. The van der Waals surface area contributed by atoms with Crippen molar-refractivity contribution in [2.45, 2.75) is 12.1 Å². The second-order valence-electron chi connectivity index (χ2n) is 6.66. The molecule has 0 radical (unpaired) electrons. The van der Waals surface area contributed by atoms with Crippen LogP contribution >= 0.6 is 0 Å². The molecule has 2 aliphatic heterocycles. The van der Waals surface area contributed by atoms with Gasteiger partial charge in [0.1, 0.15) is 5.60 Å². The first-order valence-electron chi connectivity index (χ1n) is 8.44. The molecule has 8 heteroatoms. The van der Waals surface area contributed by atoms with Crippen LogP contribution in [0.2, 0.25) is 0 Å². The van der Waals surface area contributed by atoms with Crippen LogP contribution in [0.5, 0.6) is 0 Å². The van der Waals surface area contributed by atoms with Gasteiger partial charge >= 0.3 is 0 Å². The third kappa shape index (κ3) is 4.32. The molecule has 0 bridgehead atoms. The second-order valence-corrected chi connectivity index (χ2v) is 6.66. The number of hydrogen-bond acceptors (Lipinski definition) is 6. The third-order valence-electron chi connectivity index (χ3n) is 4.56. The normalized spacial score (nSPS) is 26.4. The Kier molecular flexibility index (Phi) is 5.50. The summed E-state index contributed by atoms with van der Waals surface area (Å²) < 4.78 is 13.8. The van der Waals surface area contributed by atoms with Gasteiger partial charge < -0.3 is 14.8 Å². The molecule has 1 aromatic rings. The van der Waals surface area contributed by atoms with Gasteiger partial charge in [0.25, 0.3) is 0 Å². The minimum Gasteiger partial charge on any atom is -0.377 e. The van der Waals surface area contributed by atoms with Crippen molar-refractivity contribution in [3.05, 3.63) is 18.0 Å². The molecule has 1 aromatic heterocycles. The summed E-state index contributed by atoms with van der Waals surface area (Å²) in [5, 5.41) is 7.15. The van der Waals surface area contributed by atoms with E-state index >= 15 is 0 Å². The van der Waals surface area contributed by atoms with Gasteiger partial charge in [-0.2, -0.15) is 5.10 Å². The maximum absolute atomic E-state index is 11.7. The molecule has 1 atom stereocenters. The number of aromatic nitrogens is 2. The predicted molar refractivity (Wildman–Crippen MR) is 88.5 cm³/mol. The van der Waals surface area contributed by atoms with Gasteiger partial charge in [-0.3, -0.25) is 19.3 Å². The van der Waals surface area contributed by atoms with E-state index in [1.807, 2.05) is 24.0 Å². The number of ether oxygens (including phenoxy) is 2. The van der Waals surface area contributed by atoms with Gasteiger partial charge in [-0.15, -0.1) is 0 Å². The molecule has 0 aliphatic carbocycles. The van der Waals surface area contributed by atoms with Crippen LogP contribution in [0.15, 0.2) is 12.3 Å². The number of aryl methyl sites for hydroxylation is 1. The Morgan fingerprint density at radius 2 is 2.12 bits per heavy atom. The molecule has 2 fully saturated rings. The highest BCUT2D eigenvalue weighted by molar-refractivity contribution is 5.77. The van der Waals surface area contributed by atoms with E-state index in [1.54, 1.807) is 7.05 Å². The summed E-state index contributed by atoms with van der Waals surface area (Å²) >= 11 is 0. The monoisotopic (exact) mass is 337 g/mol. The van der Waals surface area contributed by atoms with Crippen molar-refractivity contribution in [3.8, 4) is 0 Å². The Labute approximate surface area is 142 Å². The highest BCUT2D eigenvalue weighted by Gasteiger charge is 2.40. The van der Waals surface area contributed by atoms with Crippen LogP contribution in [0.4, 0.5) is 0 Å². The SMILES string of the molecule is CNC(=O)CN1CCOC[C@]2(C1)CN(Cc1ccn(C)n1)CCO2. The molecule has 134 valence electrons. The summed E-state index contributed by atoms with van der Waals surface area (Å²) in [7, 11) is 3.60. The third-order valence-corrected chi connectivity index (χ3v) is 4.56. The Morgan fingerprint density at radius 1 is 1.33 bits per heavy atom. The lowest BCUT2D eigenvalue weighted by atomic mass is 10.0. The van der Waals surface area contributed by atoms with E-state index in [9.17, 15) is 4.79 Å². The van der Waals surface area contributed by atoms with Gasteiger partial charge in [-0.05, 0) is 6.07 Å². The van der Waals surface area contributed by atoms with Crippen molar-refractivity contribution < 1.29 is 14.3 Å². The van der Waals surface area contributed by atoms with E-state index in [1.165, 1.54) is 0 Å².